The van der Waals surface area contributed by atoms with Crippen molar-refractivity contribution in [3.63, 3.8) is 0 Å². The maximum Gasteiger partial charge on any atom is 0.420 e. The number of rotatable bonds is 5. The van der Waals surface area contributed by atoms with Crippen molar-refractivity contribution in [1.29, 1.82) is 0 Å². The summed E-state index contributed by atoms with van der Waals surface area (Å²) in [4.78, 5) is 23.7. The van der Waals surface area contributed by atoms with Crippen molar-refractivity contribution >= 4 is 28.3 Å². The lowest BCUT2D eigenvalue weighted by molar-refractivity contribution is -0.122. The van der Waals surface area contributed by atoms with Crippen LogP contribution in [-0.4, -0.2) is 22.1 Å². The van der Waals surface area contributed by atoms with Crippen molar-refractivity contribution in [1.82, 2.24) is 9.88 Å². The minimum Gasteiger partial charge on any atom is -0.408 e. The molecule has 2 heterocycles. The van der Waals surface area contributed by atoms with Crippen molar-refractivity contribution in [2.45, 2.75) is 12.6 Å². The molecule has 1 amide bonds. The summed E-state index contributed by atoms with van der Waals surface area (Å²) >= 11 is 1.48. The number of nitrogens with one attached hydrogen (secondary N) is 1. The Morgan fingerprint density at radius 3 is 2.95 bits per heavy atom. The number of fused-ring (bicyclic) bond motifs is 1. The van der Waals surface area contributed by atoms with Gasteiger partial charge in [0.05, 0.1) is 11.6 Å². The van der Waals surface area contributed by atoms with E-state index in [9.17, 15) is 14.7 Å². The molecule has 1 atom stereocenters. The molecule has 7 heteroatoms. The minimum atomic E-state index is -0.756. The average Bonchev–Trinajstić information content (AvgIpc) is 3.14. The van der Waals surface area contributed by atoms with Gasteiger partial charge in [0.15, 0.2) is 5.58 Å². The van der Waals surface area contributed by atoms with Crippen LogP contribution in [0.2, 0.25) is 0 Å². The highest BCUT2D eigenvalue weighted by atomic mass is 32.1. The Balaban J connectivity index is 1.66. The topological polar surface area (TPSA) is 84.5 Å². The molecule has 0 fully saturated rings. The van der Waals surface area contributed by atoms with Gasteiger partial charge in [-0.3, -0.25) is 9.36 Å². The molecule has 6 nitrogen and oxygen atoms in total. The van der Waals surface area contributed by atoms with Crippen LogP contribution < -0.4 is 11.1 Å². The van der Waals surface area contributed by atoms with E-state index < -0.39 is 11.9 Å². The van der Waals surface area contributed by atoms with Crippen molar-refractivity contribution < 1.29 is 14.3 Å². The molecule has 0 saturated heterocycles. The van der Waals surface area contributed by atoms with Crippen LogP contribution in [0.4, 0.5) is 0 Å². The van der Waals surface area contributed by atoms with Gasteiger partial charge in [0.25, 0.3) is 0 Å². The lowest BCUT2D eigenvalue weighted by Crippen LogP contribution is -2.33. The van der Waals surface area contributed by atoms with Crippen LogP contribution in [0.1, 0.15) is 11.7 Å². The number of nitrogens with zero attached hydrogens (tertiary/aromatic N) is 1. The monoisotopic (exact) mass is 318 g/mol. The molecule has 0 saturated carbocycles. The molecule has 114 valence electrons. The van der Waals surface area contributed by atoms with Crippen LogP contribution in [0.5, 0.6) is 0 Å². The van der Waals surface area contributed by atoms with E-state index in [4.69, 9.17) is 4.42 Å². The maximum absolute atomic E-state index is 12.0. The Kier molecular flexibility index (Phi) is 4.08. The van der Waals surface area contributed by atoms with E-state index >= 15 is 0 Å². The fourth-order valence-electron chi connectivity index (χ4n) is 2.16. The number of carbonyl (C=O) groups is 1. The molecule has 0 radical (unpaired) electrons. The molecule has 1 aromatic carbocycles. The summed E-state index contributed by atoms with van der Waals surface area (Å²) in [5.74, 6) is -0.933. The highest BCUT2D eigenvalue weighted by Crippen LogP contribution is 2.15. The van der Waals surface area contributed by atoms with Gasteiger partial charge in [-0.2, -0.15) is 11.3 Å². The Morgan fingerprint density at radius 2 is 2.18 bits per heavy atom. The number of aliphatic hydroxyl groups excluding tert-OH is 1. The summed E-state index contributed by atoms with van der Waals surface area (Å²) in [6, 6.07) is 8.72. The molecule has 1 unspecified atom stereocenters. The first kappa shape index (κ1) is 14.6. The van der Waals surface area contributed by atoms with E-state index in [0.717, 1.165) is 5.56 Å². The SMILES string of the molecule is O=C(Cn1c(=O)oc2ccccc21)NCC(O)c1ccsc1. The number of para-hydroxylation sites is 2. The van der Waals surface area contributed by atoms with Crippen LogP contribution in [0, 0.1) is 0 Å². The van der Waals surface area contributed by atoms with E-state index in [0.29, 0.717) is 11.1 Å². The third-order valence-corrected chi connectivity index (χ3v) is 4.00. The number of hydrogen-bond acceptors (Lipinski definition) is 5. The molecule has 3 rings (SSSR count). The van der Waals surface area contributed by atoms with E-state index in [-0.39, 0.29) is 19.0 Å². The van der Waals surface area contributed by atoms with Crippen LogP contribution >= 0.6 is 11.3 Å². The summed E-state index contributed by atoms with van der Waals surface area (Å²) in [5.41, 5.74) is 1.77. The van der Waals surface area contributed by atoms with Gasteiger partial charge in [-0.05, 0) is 34.5 Å². The first-order valence-electron chi connectivity index (χ1n) is 6.70. The van der Waals surface area contributed by atoms with Gasteiger partial charge >= 0.3 is 5.76 Å². The molecule has 22 heavy (non-hydrogen) atoms. The molecule has 3 aromatic rings. The number of thiophene rings is 1. The summed E-state index contributed by atoms with van der Waals surface area (Å²) < 4.78 is 6.33. The normalized spacial score (nSPS) is 12.4. The molecule has 0 spiro atoms. The lowest BCUT2D eigenvalue weighted by Gasteiger charge is -2.10. The number of amides is 1. The summed E-state index contributed by atoms with van der Waals surface area (Å²) in [6.45, 7) is -0.0493. The molecule has 0 aliphatic carbocycles. The Morgan fingerprint density at radius 1 is 1.36 bits per heavy atom. The van der Waals surface area contributed by atoms with E-state index in [2.05, 4.69) is 5.32 Å². The number of oxazole rings is 1. The molecular weight excluding hydrogens is 304 g/mol. The van der Waals surface area contributed by atoms with Gasteiger partial charge in [0, 0.05) is 6.54 Å². The van der Waals surface area contributed by atoms with Crippen LogP contribution in [-0.2, 0) is 11.3 Å². The van der Waals surface area contributed by atoms with Gasteiger partial charge < -0.3 is 14.8 Å². The molecule has 2 aromatic heterocycles. The summed E-state index contributed by atoms with van der Waals surface area (Å²) in [7, 11) is 0. The van der Waals surface area contributed by atoms with Gasteiger partial charge in [0.2, 0.25) is 5.91 Å². The zero-order chi connectivity index (χ0) is 15.5. The number of aromatic nitrogens is 1. The molecule has 0 aliphatic rings. The minimum absolute atomic E-state index is 0.0973. The standard InChI is InChI=1S/C15H14N2O4S/c18-12(10-5-6-22-9-10)7-16-14(19)8-17-11-3-1-2-4-13(11)21-15(17)20/h1-6,9,12,18H,7-8H2,(H,16,19). The second kappa shape index (κ2) is 6.17. The molecule has 0 bridgehead atoms. The molecule has 2 N–H and O–H groups in total. The summed E-state index contributed by atoms with van der Waals surface area (Å²) in [5, 5.41) is 16.2. The van der Waals surface area contributed by atoms with Crippen LogP contribution in [0.3, 0.4) is 0 Å². The largest absolute Gasteiger partial charge is 0.420 e. The van der Waals surface area contributed by atoms with Crippen LogP contribution in [0.15, 0.2) is 50.3 Å². The van der Waals surface area contributed by atoms with Crippen molar-refractivity contribution in [3.05, 3.63) is 57.2 Å². The smallest absolute Gasteiger partial charge is 0.408 e. The third kappa shape index (κ3) is 2.95. The van der Waals surface area contributed by atoms with Gasteiger partial charge in [0.1, 0.15) is 6.54 Å². The number of aliphatic hydroxyl groups is 1. The van der Waals surface area contributed by atoms with Crippen molar-refractivity contribution in [3.8, 4) is 0 Å². The van der Waals surface area contributed by atoms with E-state index in [1.54, 1.807) is 30.3 Å². The zero-order valence-corrected chi connectivity index (χ0v) is 12.4. The Bertz CT molecular complexity index is 835. The Hall–Kier alpha value is -2.38. The first-order valence-corrected chi connectivity index (χ1v) is 7.64. The Labute approximate surface area is 129 Å². The predicted molar refractivity (Wildman–Crippen MR) is 82.8 cm³/mol. The van der Waals surface area contributed by atoms with E-state index in [1.165, 1.54) is 15.9 Å². The molecular formula is C15H14N2O4S. The number of carbonyl (C=O) groups excluding carboxylic acids is 1. The van der Waals surface area contributed by atoms with Crippen molar-refractivity contribution in [2.24, 2.45) is 0 Å². The second-order valence-electron chi connectivity index (χ2n) is 4.80. The van der Waals surface area contributed by atoms with Crippen molar-refractivity contribution in [2.75, 3.05) is 6.54 Å². The van der Waals surface area contributed by atoms with Gasteiger partial charge in [-0.1, -0.05) is 12.1 Å². The van der Waals surface area contributed by atoms with Crippen LogP contribution in [0.25, 0.3) is 11.1 Å². The number of hydrogen-bond donors (Lipinski definition) is 2. The predicted octanol–water partition coefficient (Wildman–Crippen LogP) is 1.51. The van der Waals surface area contributed by atoms with Gasteiger partial charge in [-0.15, -0.1) is 0 Å². The molecule has 0 aliphatic heterocycles. The second-order valence-corrected chi connectivity index (χ2v) is 5.58. The highest BCUT2D eigenvalue weighted by Gasteiger charge is 2.14. The summed E-state index contributed by atoms with van der Waals surface area (Å²) in [6.07, 6.45) is -0.756. The highest BCUT2D eigenvalue weighted by molar-refractivity contribution is 7.07. The van der Waals surface area contributed by atoms with Gasteiger partial charge in [-0.25, -0.2) is 4.79 Å². The first-order chi connectivity index (χ1) is 10.6. The zero-order valence-electron chi connectivity index (χ0n) is 11.6. The maximum atomic E-state index is 12.0. The lowest BCUT2D eigenvalue weighted by atomic mass is 10.2. The number of benzene rings is 1. The fourth-order valence-corrected chi connectivity index (χ4v) is 2.86. The third-order valence-electron chi connectivity index (χ3n) is 3.30. The fraction of sp³-hybridized carbons (Fsp3) is 0.200. The quantitative estimate of drug-likeness (QED) is 0.747. The van der Waals surface area contributed by atoms with E-state index in [1.807, 2.05) is 10.8 Å². The average molecular weight is 318 g/mol.